The van der Waals surface area contributed by atoms with Gasteiger partial charge in [0.25, 0.3) is 0 Å². The summed E-state index contributed by atoms with van der Waals surface area (Å²) in [5, 5.41) is 8.77. The summed E-state index contributed by atoms with van der Waals surface area (Å²) in [6.45, 7) is 2.23. The molecule has 1 aliphatic rings. The molecule has 0 radical (unpaired) electrons. The minimum absolute atomic E-state index is 0.0768. The van der Waals surface area contributed by atoms with Gasteiger partial charge in [0, 0.05) is 5.56 Å². The first-order chi connectivity index (χ1) is 16.9. The van der Waals surface area contributed by atoms with Crippen LogP contribution in [0, 0.1) is 40.5 Å². The Hall–Kier alpha value is -3.13. The van der Waals surface area contributed by atoms with E-state index in [0.29, 0.717) is 11.5 Å². The molecule has 0 atom stereocenters. The Labute approximate surface area is 204 Å². The summed E-state index contributed by atoms with van der Waals surface area (Å²) in [4.78, 5) is 0. The van der Waals surface area contributed by atoms with Gasteiger partial charge in [0.05, 0.1) is 0 Å². The first kappa shape index (κ1) is 25.0. The maximum Gasteiger partial charge on any atom is 0.166 e. The van der Waals surface area contributed by atoms with Crippen LogP contribution in [0.5, 0.6) is 0 Å². The highest BCUT2D eigenvalue weighted by atomic mass is 19.2. The minimum Gasteiger partial charge on any atom is -0.205 e. The van der Waals surface area contributed by atoms with Crippen LogP contribution in [0.3, 0.4) is 0 Å². The van der Waals surface area contributed by atoms with Gasteiger partial charge in [0.2, 0.25) is 0 Å². The molecule has 1 aliphatic carbocycles. The second-order valence-corrected chi connectivity index (χ2v) is 9.57. The van der Waals surface area contributed by atoms with Crippen molar-refractivity contribution in [2.45, 2.75) is 64.2 Å². The monoisotopic (exact) mass is 479 g/mol. The van der Waals surface area contributed by atoms with Gasteiger partial charge in [0.15, 0.2) is 11.6 Å². The number of aryl methyl sites for hydroxylation is 2. The number of nitrogens with zero attached hydrogens (tertiary/aromatic N) is 1. The lowest BCUT2D eigenvalue weighted by molar-refractivity contribution is 0.308. The third-order valence-electron chi connectivity index (χ3n) is 7.30. The van der Waals surface area contributed by atoms with Crippen LogP contribution in [0.1, 0.15) is 73.6 Å². The van der Waals surface area contributed by atoms with Gasteiger partial charge in [-0.1, -0.05) is 56.2 Å². The van der Waals surface area contributed by atoms with E-state index in [2.05, 4.69) is 6.92 Å². The Morgan fingerprint density at radius 1 is 0.829 bits per heavy atom. The zero-order valence-corrected chi connectivity index (χ0v) is 19.9. The van der Waals surface area contributed by atoms with Crippen molar-refractivity contribution in [1.82, 2.24) is 0 Å². The number of hydrogen-bond acceptors (Lipinski definition) is 1. The molecule has 4 rings (SSSR count). The van der Waals surface area contributed by atoms with E-state index in [-0.39, 0.29) is 29.5 Å². The van der Waals surface area contributed by atoms with Crippen LogP contribution in [0.15, 0.2) is 48.5 Å². The summed E-state index contributed by atoms with van der Waals surface area (Å²) in [5.41, 5.74) is 1.83. The van der Waals surface area contributed by atoms with E-state index in [4.69, 9.17) is 5.26 Å². The predicted octanol–water partition coefficient (Wildman–Crippen LogP) is 8.64. The normalized spacial score (nSPS) is 17.8. The summed E-state index contributed by atoms with van der Waals surface area (Å²) in [6.07, 6.45) is 7.58. The summed E-state index contributed by atoms with van der Waals surface area (Å²) in [6, 6.07) is 14.4. The molecule has 0 unspecified atom stereocenters. The number of rotatable bonds is 7. The zero-order valence-electron chi connectivity index (χ0n) is 19.9. The first-order valence-corrected chi connectivity index (χ1v) is 12.4. The van der Waals surface area contributed by atoms with Gasteiger partial charge in [-0.2, -0.15) is 5.26 Å². The van der Waals surface area contributed by atoms with Crippen LogP contribution in [0.4, 0.5) is 17.6 Å². The van der Waals surface area contributed by atoms with Crippen LogP contribution >= 0.6 is 0 Å². The number of hydrogen-bond donors (Lipinski definition) is 0. The molecule has 0 aromatic heterocycles. The molecule has 0 bridgehead atoms. The molecule has 0 aliphatic heterocycles. The number of benzene rings is 3. The lowest BCUT2D eigenvalue weighted by atomic mass is 9.77. The maximum absolute atomic E-state index is 14.9. The van der Waals surface area contributed by atoms with Gasteiger partial charge in [-0.3, -0.25) is 0 Å². The molecule has 0 heterocycles. The third kappa shape index (κ3) is 5.59. The van der Waals surface area contributed by atoms with Crippen molar-refractivity contribution in [3.63, 3.8) is 0 Å². The molecule has 0 N–H and O–H groups in total. The average Bonchev–Trinajstić information content (AvgIpc) is 2.86. The average molecular weight is 480 g/mol. The van der Waals surface area contributed by atoms with Crippen molar-refractivity contribution in [3.05, 3.63) is 94.1 Å². The Morgan fingerprint density at radius 2 is 1.49 bits per heavy atom. The lowest BCUT2D eigenvalue weighted by Gasteiger charge is -2.28. The minimum atomic E-state index is -0.957. The zero-order chi connectivity index (χ0) is 24.9. The third-order valence-corrected chi connectivity index (χ3v) is 7.30. The SMILES string of the molecule is CCCC1CCC(c2ccc(-c3ccc(CCc4cc(F)c(C#N)c(F)c4)c(F)c3F)cc2)CC1. The molecule has 1 nitrogen and oxygen atoms in total. The van der Waals surface area contributed by atoms with Gasteiger partial charge >= 0.3 is 0 Å². The van der Waals surface area contributed by atoms with Crippen LogP contribution in [-0.4, -0.2) is 0 Å². The van der Waals surface area contributed by atoms with Crippen LogP contribution < -0.4 is 0 Å². The fourth-order valence-corrected chi connectivity index (χ4v) is 5.29. The van der Waals surface area contributed by atoms with Gasteiger partial charge in [-0.05, 0) is 84.7 Å². The summed E-state index contributed by atoms with van der Waals surface area (Å²) in [5.74, 6) is -2.43. The largest absolute Gasteiger partial charge is 0.205 e. The standard InChI is InChI=1S/C30H29F4N/c1-2-3-19-4-7-21(8-5-19)22-10-12-23(13-11-22)25-15-14-24(29(33)30(25)34)9-6-20-16-27(31)26(18-35)28(32)17-20/h10-17,19,21H,2-9H2,1H3. The van der Waals surface area contributed by atoms with Crippen molar-refractivity contribution in [2.75, 3.05) is 0 Å². The van der Waals surface area contributed by atoms with Crippen molar-refractivity contribution >= 4 is 0 Å². The number of halogens is 4. The first-order valence-electron chi connectivity index (χ1n) is 12.4. The maximum atomic E-state index is 14.9. The molecular formula is C30H29F4N. The predicted molar refractivity (Wildman–Crippen MR) is 130 cm³/mol. The molecule has 1 fully saturated rings. The van der Waals surface area contributed by atoms with E-state index in [1.807, 2.05) is 24.3 Å². The Kier molecular flexibility index (Phi) is 7.90. The van der Waals surface area contributed by atoms with Crippen LogP contribution in [0.25, 0.3) is 11.1 Å². The van der Waals surface area contributed by atoms with E-state index >= 15 is 0 Å². The molecule has 3 aromatic rings. The molecule has 0 amide bonds. The highest BCUT2D eigenvalue weighted by molar-refractivity contribution is 5.65. The Balaban J connectivity index is 1.45. The Morgan fingerprint density at radius 3 is 2.09 bits per heavy atom. The topological polar surface area (TPSA) is 23.8 Å². The summed E-state index contributed by atoms with van der Waals surface area (Å²) in [7, 11) is 0. The van der Waals surface area contributed by atoms with E-state index in [1.54, 1.807) is 6.07 Å². The van der Waals surface area contributed by atoms with Gasteiger partial charge in [0.1, 0.15) is 23.3 Å². The second-order valence-electron chi connectivity index (χ2n) is 9.57. The molecule has 1 saturated carbocycles. The quantitative estimate of drug-likeness (QED) is 0.311. The molecule has 0 spiro atoms. The molecule has 35 heavy (non-hydrogen) atoms. The van der Waals surface area contributed by atoms with Crippen LogP contribution in [-0.2, 0) is 12.8 Å². The summed E-state index contributed by atoms with van der Waals surface area (Å²) >= 11 is 0. The van der Waals surface area contributed by atoms with Gasteiger partial charge in [-0.15, -0.1) is 0 Å². The molecule has 0 saturated heterocycles. The summed E-state index contributed by atoms with van der Waals surface area (Å²) < 4.78 is 57.4. The van der Waals surface area contributed by atoms with E-state index in [9.17, 15) is 17.6 Å². The van der Waals surface area contributed by atoms with E-state index in [0.717, 1.165) is 18.1 Å². The van der Waals surface area contributed by atoms with Crippen molar-refractivity contribution in [1.29, 1.82) is 5.26 Å². The molecule has 3 aromatic carbocycles. The lowest BCUT2D eigenvalue weighted by Crippen LogP contribution is -2.13. The van der Waals surface area contributed by atoms with Gasteiger partial charge < -0.3 is 0 Å². The van der Waals surface area contributed by atoms with E-state index < -0.39 is 28.8 Å². The molecular weight excluding hydrogens is 450 g/mol. The highest BCUT2D eigenvalue weighted by Crippen LogP contribution is 2.38. The smallest absolute Gasteiger partial charge is 0.166 e. The van der Waals surface area contributed by atoms with Gasteiger partial charge in [-0.25, -0.2) is 17.6 Å². The highest BCUT2D eigenvalue weighted by Gasteiger charge is 2.22. The fourth-order valence-electron chi connectivity index (χ4n) is 5.29. The van der Waals surface area contributed by atoms with Crippen molar-refractivity contribution in [2.24, 2.45) is 5.92 Å². The Bertz CT molecular complexity index is 1200. The van der Waals surface area contributed by atoms with E-state index in [1.165, 1.54) is 56.2 Å². The fraction of sp³-hybridized carbons (Fsp3) is 0.367. The van der Waals surface area contributed by atoms with Crippen molar-refractivity contribution in [3.8, 4) is 17.2 Å². The molecule has 5 heteroatoms. The molecule has 182 valence electrons. The second kappa shape index (κ2) is 11.1. The van der Waals surface area contributed by atoms with Crippen molar-refractivity contribution < 1.29 is 17.6 Å². The van der Waals surface area contributed by atoms with Crippen LogP contribution in [0.2, 0.25) is 0 Å². The number of nitriles is 1.